The predicted octanol–water partition coefficient (Wildman–Crippen LogP) is 2.09. The molecule has 1 aromatic heterocycles. The molecular formula is C15H20N4O. The fraction of sp³-hybridized carbons (Fsp3) is 0.333. The zero-order chi connectivity index (χ0) is 14.5. The number of hydrogen-bond donors (Lipinski definition) is 2. The van der Waals surface area contributed by atoms with Crippen LogP contribution >= 0.6 is 0 Å². The molecule has 0 unspecified atom stereocenters. The van der Waals surface area contributed by atoms with Crippen molar-refractivity contribution < 1.29 is 4.79 Å². The molecule has 106 valence electrons. The smallest absolute Gasteiger partial charge is 0.251 e. The summed E-state index contributed by atoms with van der Waals surface area (Å²) < 4.78 is 1.72. The fourth-order valence-corrected chi connectivity index (χ4v) is 2.02. The molecule has 0 atom stereocenters. The van der Waals surface area contributed by atoms with Gasteiger partial charge in [0.2, 0.25) is 0 Å². The lowest BCUT2D eigenvalue weighted by Crippen LogP contribution is -2.23. The summed E-state index contributed by atoms with van der Waals surface area (Å²) in [5.74, 6) is -0.0817. The number of rotatable bonds is 5. The number of carbonyl (C=O) groups excluding carboxylic acids is 1. The van der Waals surface area contributed by atoms with Crippen LogP contribution in [0.2, 0.25) is 0 Å². The van der Waals surface area contributed by atoms with E-state index in [1.54, 1.807) is 4.68 Å². The second-order valence-corrected chi connectivity index (χ2v) is 4.72. The van der Waals surface area contributed by atoms with Crippen LogP contribution in [-0.4, -0.2) is 22.2 Å². The molecule has 20 heavy (non-hydrogen) atoms. The molecule has 1 aromatic carbocycles. The molecule has 1 amide bonds. The van der Waals surface area contributed by atoms with Crippen LogP contribution in [0.15, 0.2) is 30.5 Å². The minimum atomic E-state index is -0.0817. The number of anilines is 1. The Hall–Kier alpha value is -2.30. The van der Waals surface area contributed by atoms with Crippen molar-refractivity contribution >= 4 is 11.6 Å². The lowest BCUT2D eigenvalue weighted by Gasteiger charge is -2.09. The van der Waals surface area contributed by atoms with Gasteiger partial charge >= 0.3 is 0 Å². The van der Waals surface area contributed by atoms with E-state index in [0.29, 0.717) is 12.1 Å². The van der Waals surface area contributed by atoms with Crippen molar-refractivity contribution in [2.75, 3.05) is 11.9 Å². The van der Waals surface area contributed by atoms with Crippen molar-refractivity contribution in [3.05, 3.63) is 47.3 Å². The van der Waals surface area contributed by atoms with E-state index in [2.05, 4.69) is 15.7 Å². The molecule has 0 saturated carbocycles. The monoisotopic (exact) mass is 272 g/mol. The van der Waals surface area contributed by atoms with Crippen LogP contribution in [0, 0.1) is 6.92 Å². The van der Waals surface area contributed by atoms with Crippen LogP contribution in [0.25, 0.3) is 0 Å². The van der Waals surface area contributed by atoms with Gasteiger partial charge in [0, 0.05) is 31.0 Å². The Balaban J connectivity index is 2.00. The molecular weight excluding hydrogens is 252 g/mol. The number of aryl methyl sites for hydroxylation is 2. The van der Waals surface area contributed by atoms with E-state index in [-0.39, 0.29) is 5.91 Å². The molecule has 0 aliphatic rings. The van der Waals surface area contributed by atoms with Crippen molar-refractivity contribution in [3.63, 3.8) is 0 Å². The molecule has 0 fully saturated rings. The first-order chi connectivity index (χ1) is 9.60. The third kappa shape index (κ3) is 3.38. The minimum Gasteiger partial charge on any atom is -0.385 e. The van der Waals surface area contributed by atoms with Gasteiger partial charge in [0.05, 0.1) is 12.2 Å². The first-order valence-corrected chi connectivity index (χ1v) is 6.71. The van der Waals surface area contributed by atoms with E-state index in [1.807, 2.05) is 51.4 Å². The molecule has 0 aliphatic carbocycles. The summed E-state index contributed by atoms with van der Waals surface area (Å²) in [6.07, 6.45) is 1.86. The number of nitrogens with one attached hydrogen (secondary N) is 2. The van der Waals surface area contributed by atoms with E-state index in [1.165, 1.54) is 0 Å². The molecule has 0 saturated heterocycles. The van der Waals surface area contributed by atoms with Crippen molar-refractivity contribution in [3.8, 4) is 0 Å². The number of benzene rings is 1. The third-order valence-corrected chi connectivity index (χ3v) is 3.05. The largest absolute Gasteiger partial charge is 0.385 e. The van der Waals surface area contributed by atoms with Gasteiger partial charge in [0.1, 0.15) is 0 Å². The first kappa shape index (κ1) is 14.1. The first-order valence-electron chi connectivity index (χ1n) is 6.71. The van der Waals surface area contributed by atoms with Crippen LogP contribution in [0.5, 0.6) is 0 Å². The summed E-state index contributed by atoms with van der Waals surface area (Å²) in [5, 5.41) is 10.4. The van der Waals surface area contributed by atoms with Crippen LogP contribution < -0.4 is 10.6 Å². The zero-order valence-electron chi connectivity index (χ0n) is 12.1. The van der Waals surface area contributed by atoms with Gasteiger partial charge in [-0.3, -0.25) is 9.48 Å². The Kier molecular flexibility index (Phi) is 4.40. The van der Waals surface area contributed by atoms with E-state index >= 15 is 0 Å². The quantitative estimate of drug-likeness (QED) is 0.876. The summed E-state index contributed by atoms with van der Waals surface area (Å²) in [4.78, 5) is 12.1. The summed E-state index contributed by atoms with van der Waals surface area (Å²) in [7, 11) is 1.86. The van der Waals surface area contributed by atoms with Gasteiger partial charge in [0.15, 0.2) is 0 Å². The Morgan fingerprint density at radius 2 is 2.15 bits per heavy atom. The maximum Gasteiger partial charge on any atom is 0.251 e. The molecule has 0 spiro atoms. The van der Waals surface area contributed by atoms with Gasteiger partial charge in [-0.15, -0.1) is 0 Å². The molecule has 2 rings (SSSR count). The molecule has 2 N–H and O–H groups in total. The van der Waals surface area contributed by atoms with Crippen LogP contribution in [0.1, 0.15) is 28.5 Å². The van der Waals surface area contributed by atoms with E-state index in [4.69, 9.17) is 0 Å². The van der Waals surface area contributed by atoms with Crippen molar-refractivity contribution in [1.29, 1.82) is 0 Å². The van der Waals surface area contributed by atoms with Gasteiger partial charge in [-0.2, -0.15) is 5.10 Å². The summed E-state index contributed by atoms with van der Waals surface area (Å²) in [5.41, 5.74) is 3.65. The lowest BCUT2D eigenvalue weighted by molar-refractivity contribution is 0.0950. The van der Waals surface area contributed by atoms with Gasteiger partial charge in [-0.1, -0.05) is 0 Å². The molecule has 0 radical (unpaired) electrons. The van der Waals surface area contributed by atoms with Gasteiger partial charge in [0.25, 0.3) is 5.91 Å². The highest BCUT2D eigenvalue weighted by Gasteiger charge is 2.08. The van der Waals surface area contributed by atoms with Gasteiger partial charge < -0.3 is 10.6 Å². The number of aromatic nitrogens is 2. The van der Waals surface area contributed by atoms with Crippen molar-refractivity contribution in [2.45, 2.75) is 20.4 Å². The second-order valence-electron chi connectivity index (χ2n) is 4.72. The van der Waals surface area contributed by atoms with Crippen LogP contribution in [-0.2, 0) is 13.6 Å². The van der Waals surface area contributed by atoms with Gasteiger partial charge in [-0.25, -0.2) is 0 Å². The topological polar surface area (TPSA) is 59.0 Å². The van der Waals surface area contributed by atoms with Crippen molar-refractivity contribution in [1.82, 2.24) is 15.1 Å². The fourth-order valence-electron chi connectivity index (χ4n) is 2.02. The summed E-state index contributed by atoms with van der Waals surface area (Å²) >= 11 is 0. The SMILES string of the molecule is CCNc1ccc(C(=O)NCc2ccn(C)n2)cc1C. The third-order valence-electron chi connectivity index (χ3n) is 3.05. The van der Waals surface area contributed by atoms with Crippen LogP contribution in [0.3, 0.4) is 0 Å². The highest BCUT2D eigenvalue weighted by Crippen LogP contribution is 2.16. The van der Waals surface area contributed by atoms with Crippen molar-refractivity contribution in [2.24, 2.45) is 7.05 Å². The lowest BCUT2D eigenvalue weighted by atomic mass is 10.1. The highest BCUT2D eigenvalue weighted by molar-refractivity contribution is 5.94. The number of amides is 1. The van der Waals surface area contributed by atoms with Crippen LogP contribution in [0.4, 0.5) is 5.69 Å². The molecule has 2 aromatic rings. The molecule has 5 nitrogen and oxygen atoms in total. The van der Waals surface area contributed by atoms with E-state index in [0.717, 1.165) is 23.5 Å². The normalized spacial score (nSPS) is 10.3. The maximum atomic E-state index is 12.1. The minimum absolute atomic E-state index is 0.0817. The summed E-state index contributed by atoms with van der Waals surface area (Å²) in [6.45, 7) is 5.35. The Morgan fingerprint density at radius 3 is 2.75 bits per heavy atom. The Morgan fingerprint density at radius 1 is 1.35 bits per heavy atom. The molecule has 0 aliphatic heterocycles. The average Bonchev–Trinajstić information content (AvgIpc) is 2.84. The maximum absolute atomic E-state index is 12.1. The molecule has 5 heteroatoms. The Labute approximate surface area is 119 Å². The molecule has 0 bridgehead atoms. The molecule has 1 heterocycles. The predicted molar refractivity (Wildman–Crippen MR) is 79.7 cm³/mol. The second kappa shape index (κ2) is 6.23. The average molecular weight is 272 g/mol. The summed E-state index contributed by atoms with van der Waals surface area (Å²) in [6, 6.07) is 7.55. The Bertz CT molecular complexity index is 604. The standard InChI is InChI=1S/C15H20N4O/c1-4-16-14-6-5-12(9-11(14)2)15(20)17-10-13-7-8-19(3)18-13/h5-9,16H,4,10H2,1-3H3,(H,17,20). The zero-order valence-corrected chi connectivity index (χ0v) is 12.1. The highest BCUT2D eigenvalue weighted by atomic mass is 16.1. The van der Waals surface area contributed by atoms with E-state index in [9.17, 15) is 4.79 Å². The number of hydrogen-bond acceptors (Lipinski definition) is 3. The number of carbonyl (C=O) groups is 1. The van der Waals surface area contributed by atoms with Gasteiger partial charge in [-0.05, 0) is 43.7 Å². The van der Waals surface area contributed by atoms with E-state index < -0.39 is 0 Å². The number of nitrogens with zero attached hydrogens (tertiary/aromatic N) is 2.